The van der Waals surface area contributed by atoms with Crippen LogP contribution in [0.1, 0.15) is 47.2 Å². The van der Waals surface area contributed by atoms with Crippen LogP contribution in [0.5, 0.6) is 5.75 Å². The number of rotatable bonds is 7. The van der Waals surface area contributed by atoms with Crippen molar-refractivity contribution in [2.45, 2.75) is 44.0 Å². The predicted molar refractivity (Wildman–Crippen MR) is 131 cm³/mol. The van der Waals surface area contributed by atoms with Gasteiger partial charge in [-0.05, 0) is 43.5 Å². The van der Waals surface area contributed by atoms with E-state index in [1.54, 1.807) is 16.9 Å². The van der Waals surface area contributed by atoms with Crippen molar-refractivity contribution in [3.8, 4) is 5.75 Å². The summed E-state index contributed by atoms with van der Waals surface area (Å²) in [6.45, 7) is 3.50. The predicted octanol–water partition coefficient (Wildman–Crippen LogP) is 4.07. The Bertz CT molecular complexity index is 1260. The number of methoxy groups -OCH3 is 1. The van der Waals surface area contributed by atoms with Crippen molar-refractivity contribution in [1.29, 1.82) is 0 Å². The molecule has 1 aromatic heterocycles. The van der Waals surface area contributed by atoms with E-state index >= 15 is 0 Å². The third kappa shape index (κ3) is 5.31. The van der Waals surface area contributed by atoms with Crippen LogP contribution in [0.2, 0.25) is 0 Å². The summed E-state index contributed by atoms with van der Waals surface area (Å²) in [5, 5.41) is 7.18. The van der Waals surface area contributed by atoms with E-state index < -0.39 is 15.9 Å². The Morgan fingerprint density at radius 1 is 1.06 bits per heavy atom. The van der Waals surface area contributed by atoms with E-state index in [1.807, 2.05) is 25.1 Å². The molecule has 1 saturated heterocycles. The lowest BCUT2D eigenvalue weighted by Crippen LogP contribution is -2.32. The van der Waals surface area contributed by atoms with Gasteiger partial charge < -0.3 is 10.1 Å². The topological polar surface area (TPSA) is 93.5 Å². The Morgan fingerprint density at radius 2 is 1.82 bits per heavy atom. The van der Waals surface area contributed by atoms with E-state index in [9.17, 15) is 13.2 Å². The van der Waals surface area contributed by atoms with Crippen LogP contribution in [0, 0.1) is 6.92 Å². The summed E-state index contributed by atoms with van der Waals surface area (Å²) in [6, 6.07) is 14.2. The van der Waals surface area contributed by atoms with E-state index in [1.165, 1.54) is 29.6 Å². The van der Waals surface area contributed by atoms with Crippen LogP contribution in [-0.2, 0) is 16.6 Å². The van der Waals surface area contributed by atoms with E-state index in [2.05, 4.69) is 16.5 Å². The zero-order valence-corrected chi connectivity index (χ0v) is 20.3. The fourth-order valence-corrected chi connectivity index (χ4v) is 5.73. The molecule has 1 fully saturated rings. The Kier molecular flexibility index (Phi) is 7.33. The summed E-state index contributed by atoms with van der Waals surface area (Å²) in [5.41, 5.74) is 2.35. The van der Waals surface area contributed by atoms with Crippen molar-refractivity contribution >= 4 is 21.7 Å². The zero-order chi connectivity index (χ0) is 24.1. The van der Waals surface area contributed by atoms with E-state index in [0.29, 0.717) is 31.2 Å². The van der Waals surface area contributed by atoms with Crippen LogP contribution in [0.3, 0.4) is 0 Å². The molecule has 9 heteroatoms. The molecule has 2 aromatic carbocycles. The minimum atomic E-state index is -3.70. The summed E-state index contributed by atoms with van der Waals surface area (Å²) in [7, 11) is -2.25. The second-order valence-corrected chi connectivity index (χ2v) is 10.4. The molecule has 1 N–H and O–H groups in total. The number of amides is 1. The number of benzene rings is 2. The number of carbonyl (C=O) groups is 1. The maximum Gasteiger partial charge on any atom is 0.260 e. The summed E-state index contributed by atoms with van der Waals surface area (Å²) >= 11 is 0. The molecule has 1 amide bonds. The molecule has 0 atom stereocenters. The smallest absolute Gasteiger partial charge is 0.260 e. The van der Waals surface area contributed by atoms with Crippen molar-refractivity contribution in [2.24, 2.45) is 0 Å². The van der Waals surface area contributed by atoms with Gasteiger partial charge in [-0.15, -0.1) is 0 Å². The Hall–Kier alpha value is -3.17. The van der Waals surface area contributed by atoms with Gasteiger partial charge in [0.2, 0.25) is 10.0 Å². The van der Waals surface area contributed by atoms with Gasteiger partial charge in [-0.1, -0.05) is 42.7 Å². The summed E-state index contributed by atoms with van der Waals surface area (Å²) < 4.78 is 35.1. The molecule has 180 valence electrons. The van der Waals surface area contributed by atoms with E-state index in [-0.39, 0.29) is 10.5 Å². The van der Waals surface area contributed by atoms with E-state index in [0.717, 1.165) is 36.8 Å². The van der Waals surface area contributed by atoms with Crippen LogP contribution < -0.4 is 10.1 Å². The highest BCUT2D eigenvalue weighted by atomic mass is 32.2. The first-order valence-corrected chi connectivity index (χ1v) is 12.9. The van der Waals surface area contributed by atoms with Gasteiger partial charge in [0.05, 0.1) is 30.3 Å². The molecular weight excluding hydrogens is 452 g/mol. The standard InChI is InChI=1S/C25H30N4O4S/c1-19-8-7-9-20(16-19)18-29-24(12-13-26-29)27-25(30)22-17-21(10-11-23(22)33-2)34(31,32)28-14-5-3-4-6-15-28/h7-13,16-17H,3-6,14-15,18H2,1-2H3,(H,27,30). The zero-order valence-electron chi connectivity index (χ0n) is 19.5. The van der Waals surface area contributed by atoms with Gasteiger partial charge in [-0.3, -0.25) is 4.79 Å². The minimum Gasteiger partial charge on any atom is -0.496 e. The molecular formula is C25H30N4O4S. The second kappa shape index (κ2) is 10.4. The molecule has 3 aromatic rings. The van der Waals surface area contributed by atoms with Crippen LogP contribution >= 0.6 is 0 Å². The number of anilines is 1. The molecule has 0 saturated carbocycles. The number of nitrogens with zero attached hydrogens (tertiary/aromatic N) is 3. The highest BCUT2D eigenvalue weighted by molar-refractivity contribution is 7.89. The number of carbonyl (C=O) groups excluding carboxylic acids is 1. The highest BCUT2D eigenvalue weighted by Gasteiger charge is 2.27. The minimum absolute atomic E-state index is 0.0913. The molecule has 4 rings (SSSR count). The highest BCUT2D eigenvalue weighted by Crippen LogP contribution is 2.27. The Balaban J connectivity index is 1.58. The fourth-order valence-electron chi connectivity index (χ4n) is 4.19. The van der Waals surface area contributed by atoms with Crippen molar-refractivity contribution in [2.75, 3.05) is 25.5 Å². The van der Waals surface area contributed by atoms with Crippen molar-refractivity contribution < 1.29 is 17.9 Å². The lowest BCUT2D eigenvalue weighted by atomic mass is 10.1. The maximum atomic E-state index is 13.3. The molecule has 1 aliphatic heterocycles. The molecule has 1 aliphatic rings. The van der Waals surface area contributed by atoms with Crippen LogP contribution in [0.25, 0.3) is 0 Å². The summed E-state index contributed by atoms with van der Waals surface area (Å²) in [5.74, 6) is 0.349. The monoisotopic (exact) mass is 482 g/mol. The van der Waals surface area contributed by atoms with Gasteiger partial charge in [0.1, 0.15) is 11.6 Å². The van der Waals surface area contributed by atoms with Gasteiger partial charge >= 0.3 is 0 Å². The lowest BCUT2D eigenvalue weighted by Gasteiger charge is -2.20. The number of ether oxygens (including phenoxy) is 1. The number of sulfonamides is 1. The molecule has 34 heavy (non-hydrogen) atoms. The molecule has 0 spiro atoms. The largest absolute Gasteiger partial charge is 0.496 e. The molecule has 0 unspecified atom stereocenters. The van der Waals surface area contributed by atoms with Crippen molar-refractivity contribution in [3.05, 3.63) is 71.4 Å². The van der Waals surface area contributed by atoms with Gasteiger partial charge in [-0.2, -0.15) is 9.40 Å². The first-order valence-electron chi connectivity index (χ1n) is 11.5. The maximum absolute atomic E-state index is 13.3. The number of hydrogen-bond acceptors (Lipinski definition) is 5. The van der Waals surface area contributed by atoms with Crippen LogP contribution in [-0.4, -0.2) is 48.6 Å². The molecule has 2 heterocycles. The van der Waals surface area contributed by atoms with Gasteiger partial charge in [0.25, 0.3) is 5.91 Å². The molecule has 0 aliphatic carbocycles. The average molecular weight is 483 g/mol. The summed E-state index contributed by atoms with van der Waals surface area (Å²) in [6.07, 6.45) is 5.35. The number of nitrogens with one attached hydrogen (secondary N) is 1. The first kappa shape index (κ1) is 24.0. The Morgan fingerprint density at radius 3 is 2.53 bits per heavy atom. The normalized spacial score (nSPS) is 15.0. The molecule has 8 nitrogen and oxygen atoms in total. The average Bonchev–Trinajstić information content (AvgIpc) is 3.07. The van der Waals surface area contributed by atoms with Gasteiger partial charge in [0, 0.05) is 19.2 Å². The fraction of sp³-hybridized carbons (Fsp3) is 0.360. The molecule has 0 radical (unpaired) electrons. The van der Waals surface area contributed by atoms with Crippen molar-refractivity contribution in [3.63, 3.8) is 0 Å². The summed E-state index contributed by atoms with van der Waals surface area (Å²) in [4.78, 5) is 13.3. The first-order chi connectivity index (χ1) is 16.4. The van der Waals surface area contributed by atoms with E-state index in [4.69, 9.17) is 4.74 Å². The third-order valence-corrected chi connectivity index (χ3v) is 7.89. The van der Waals surface area contributed by atoms with Crippen LogP contribution in [0.15, 0.2) is 59.6 Å². The number of aromatic nitrogens is 2. The van der Waals surface area contributed by atoms with Gasteiger partial charge in [-0.25, -0.2) is 13.1 Å². The second-order valence-electron chi connectivity index (χ2n) is 8.50. The van der Waals surface area contributed by atoms with Crippen molar-refractivity contribution in [1.82, 2.24) is 14.1 Å². The quantitative estimate of drug-likeness (QED) is 0.548. The van der Waals surface area contributed by atoms with Crippen LogP contribution in [0.4, 0.5) is 5.82 Å². The number of hydrogen-bond donors (Lipinski definition) is 1. The number of aryl methyl sites for hydroxylation is 1. The molecule has 0 bridgehead atoms. The van der Waals surface area contributed by atoms with Gasteiger partial charge in [0.15, 0.2) is 0 Å². The third-order valence-electron chi connectivity index (χ3n) is 5.99. The SMILES string of the molecule is COc1ccc(S(=O)(=O)N2CCCCCC2)cc1C(=O)Nc1ccnn1Cc1cccc(C)c1. The lowest BCUT2D eigenvalue weighted by molar-refractivity contribution is 0.102. The Labute approximate surface area is 200 Å².